The molecule has 0 saturated heterocycles. The highest BCUT2D eigenvalue weighted by Crippen LogP contribution is 2.30. The van der Waals surface area contributed by atoms with Crippen LogP contribution in [0.2, 0.25) is 10.0 Å². The molecule has 0 unspecified atom stereocenters. The number of hydrogen-bond acceptors (Lipinski definition) is 4. The summed E-state index contributed by atoms with van der Waals surface area (Å²) >= 11 is 12.6. The molecule has 0 aliphatic heterocycles. The van der Waals surface area contributed by atoms with Crippen LogP contribution >= 0.6 is 23.2 Å². The van der Waals surface area contributed by atoms with E-state index in [1.807, 2.05) is 36.4 Å². The maximum absolute atomic E-state index is 14.7. The van der Waals surface area contributed by atoms with Crippen molar-refractivity contribution >= 4 is 50.7 Å². The van der Waals surface area contributed by atoms with Crippen LogP contribution < -0.4 is 9.62 Å². The van der Waals surface area contributed by atoms with Crippen molar-refractivity contribution in [3.8, 4) is 0 Å². The van der Waals surface area contributed by atoms with Gasteiger partial charge in [0.1, 0.15) is 12.6 Å². The van der Waals surface area contributed by atoms with Crippen LogP contribution in [-0.2, 0) is 32.6 Å². The van der Waals surface area contributed by atoms with E-state index in [1.165, 1.54) is 17.0 Å². The van der Waals surface area contributed by atoms with Crippen LogP contribution in [0.15, 0.2) is 108 Å². The maximum atomic E-state index is 14.7. The van der Waals surface area contributed by atoms with Crippen molar-refractivity contribution in [1.29, 1.82) is 0 Å². The van der Waals surface area contributed by atoms with Gasteiger partial charge in [-0.1, -0.05) is 103 Å². The van der Waals surface area contributed by atoms with Crippen LogP contribution in [-0.4, -0.2) is 43.8 Å². The van der Waals surface area contributed by atoms with E-state index in [2.05, 4.69) is 5.32 Å². The molecule has 1 saturated carbocycles. The van der Waals surface area contributed by atoms with Crippen molar-refractivity contribution in [3.05, 3.63) is 130 Å². The van der Waals surface area contributed by atoms with E-state index in [4.69, 9.17) is 23.2 Å². The predicted octanol–water partition coefficient (Wildman–Crippen LogP) is 7.59. The van der Waals surface area contributed by atoms with Crippen molar-refractivity contribution in [3.63, 3.8) is 0 Å². The van der Waals surface area contributed by atoms with Gasteiger partial charge in [0, 0.05) is 29.1 Å². The second kappa shape index (κ2) is 15.8. The number of benzene rings is 4. The third-order valence-corrected chi connectivity index (χ3v) is 10.7. The summed E-state index contributed by atoms with van der Waals surface area (Å²) in [7, 11) is -4.20. The molecule has 1 aliphatic rings. The van der Waals surface area contributed by atoms with Gasteiger partial charge in [-0.3, -0.25) is 13.9 Å². The molecule has 10 heteroatoms. The summed E-state index contributed by atoms with van der Waals surface area (Å²) in [6, 6.07) is 28.6. The van der Waals surface area contributed by atoms with Crippen molar-refractivity contribution in [2.75, 3.05) is 10.8 Å². The normalized spacial score (nSPS) is 14.3. The predicted molar refractivity (Wildman–Crippen MR) is 188 cm³/mol. The molecule has 7 nitrogen and oxygen atoms in total. The molecule has 0 heterocycles. The van der Waals surface area contributed by atoms with Gasteiger partial charge in [-0.15, -0.1) is 0 Å². The van der Waals surface area contributed by atoms with Gasteiger partial charge in [-0.05, 0) is 78.9 Å². The Kier molecular flexibility index (Phi) is 11.6. The standard InChI is InChI=1S/C37H39Cl2N3O4S/c1-27-22-31(39)20-21-34(27)42(47(45,46)33-18-9-4-10-19-33)26-36(43)41(25-29-14-11-15-30(38)23-29)35(24-28-12-5-2-6-13-28)37(44)40-32-16-7-3-8-17-32/h2,4-6,9-15,18-23,32,35H,3,7-8,16-17,24-26H2,1H3,(H,40,44)/t35-/m0/s1. The fraction of sp³-hybridized carbons (Fsp3) is 0.297. The fourth-order valence-electron chi connectivity index (χ4n) is 6.06. The van der Waals surface area contributed by atoms with Crippen molar-refractivity contribution in [1.82, 2.24) is 10.2 Å². The van der Waals surface area contributed by atoms with Crippen LogP contribution in [0, 0.1) is 6.92 Å². The lowest BCUT2D eigenvalue weighted by molar-refractivity contribution is -0.140. The van der Waals surface area contributed by atoms with E-state index < -0.39 is 28.5 Å². The summed E-state index contributed by atoms with van der Waals surface area (Å²) in [6.07, 6.45) is 5.21. The van der Waals surface area contributed by atoms with Crippen molar-refractivity contribution < 1.29 is 18.0 Å². The molecule has 1 N–H and O–H groups in total. The average Bonchev–Trinajstić information content (AvgIpc) is 3.07. The number of sulfonamides is 1. The number of anilines is 1. The third-order valence-electron chi connectivity index (χ3n) is 8.50. The van der Waals surface area contributed by atoms with E-state index in [1.54, 1.807) is 61.5 Å². The molecule has 1 fully saturated rings. The Morgan fingerprint density at radius 1 is 0.809 bits per heavy atom. The van der Waals surface area contributed by atoms with E-state index in [-0.39, 0.29) is 29.8 Å². The highest BCUT2D eigenvalue weighted by molar-refractivity contribution is 7.92. The molecule has 0 radical (unpaired) electrons. The van der Waals surface area contributed by atoms with Gasteiger partial charge in [-0.25, -0.2) is 8.42 Å². The van der Waals surface area contributed by atoms with Gasteiger partial charge in [-0.2, -0.15) is 0 Å². The number of hydrogen-bond donors (Lipinski definition) is 1. The Hall–Kier alpha value is -3.85. The SMILES string of the molecule is Cc1cc(Cl)ccc1N(CC(=O)N(Cc1cccc(Cl)c1)[C@@H](Cc1ccccc1)C(=O)NC1CCCCC1)S(=O)(=O)c1ccccc1. The summed E-state index contributed by atoms with van der Waals surface area (Å²) in [5.41, 5.74) is 2.50. The van der Waals surface area contributed by atoms with E-state index in [0.717, 1.165) is 47.5 Å². The van der Waals surface area contributed by atoms with Gasteiger partial charge < -0.3 is 10.2 Å². The minimum absolute atomic E-state index is 0.0179. The molecule has 4 aromatic carbocycles. The molecular weight excluding hydrogens is 653 g/mol. The first-order valence-electron chi connectivity index (χ1n) is 15.8. The highest BCUT2D eigenvalue weighted by atomic mass is 35.5. The summed E-state index contributed by atoms with van der Waals surface area (Å²) in [6.45, 7) is 1.26. The molecule has 0 spiro atoms. The van der Waals surface area contributed by atoms with E-state index >= 15 is 0 Å². The molecule has 5 rings (SSSR count). The number of rotatable bonds is 12. The molecule has 4 aromatic rings. The number of aryl methyl sites for hydroxylation is 1. The lowest BCUT2D eigenvalue weighted by Gasteiger charge is -2.35. The van der Waals surface area contributed by atoms with Crippen molar-refractivity contribution in [2.45, 2.75) is 69.0 Å². The Morgan fingerprint density at radius 2 is 1.45 bits per heavy atom. The van der Waals surface area contributed by atoms with Crippen LogP contribution in [0.4, 0.5) is 5.69 Å². The Balaban J connectivity index is 1.58. The summed E-state index contributed by atoms with van der Waals surface area (Å²) < 4.78 is 29.5. The molecule has 0 bridgehead atoms. The van der Waals surface area contributed by atoms with Crippen LogP contribution in [0.5, 0.6) is 0 Å². The summed E-state index contributed by atoms with van der Waals surface area (Å²) in [5, 5.41) is 4.16. The lowest BCUT2D eigenvalue weighted by atomic mass is 9.94. The molecule has 47 heavy (non-hydrogen) atoms. The minimum atomic E-state index is -4.20. The topological polar surface area (TPSA) is 86.8 Å². The second-order valence-electron chi connectivity index (χ2n) is 12.0. The molecular formula is C37H39Cl2N3O4S. The second-order valence-corrected chi connectivity index (χ2v) is 14.7. The van der Waals surface area contributed by atoms with Crippen LogP contribution in [0.25, 0.3) is 0 Å². The lowest BCUT2D eigenvalue weighted by Crippen LogP contribution is -2.55. The van der Waals surface area contributed by atoms with Gasteiger partial charge in [0.05, 0.1) is 10.6 Å². The third kappa shape index (κ3) is 8.95. The zero-order chi connectivity index (χ0) is 33.4. The van der Waals surface area contributed by atoms with Gasteiger partial charge in [0.2, 0.25) is 11.8 Å². The Morgan fingerprint density at radius 3 is 2.11 bits per heavy atom. The minimum Gasteiger partial charge on any atom is -0.352 e. The molecule has 1 atom stereocenters. The number of nitrogens with zero attached hydrogens (tertiary/aromatic N) is 2. The Labute approximate surface area is 287 Å². The van der Waals surface area contributed by atoms with Gasteiger partial charge in [0.15, 0.2) is 0 Å². The number of nitrogens with one attached hydrogen (secondary N) is 1. The number of halogens is 2. The highest BCUT2D eigenvalue weighted by Gasteiger charge is 2.35. The largest absolute Gasteiger partial charge is 0.352 e. The number of amides is 2. The van der Waals surface area contributed by atoms with Crippen molar-refractivity contribution in [2.24, 2.45) is 0 Å². The molecule has 246 valence electrons. The summed E-state index contributed by atoms with van der Waals surface area (Å²) in [4.78, 5) is 30.4. The van der Waals surface area contributed by atoms with Crippen LogP contribution in [0.1, 0.15) is 48.8 Å². The monoisotopic (exact) mass is 691 g/mol. The number of carbonyl (C=O) groups excluding carboxylic acids is 2. The van der Waals surface area contributed by atoms with E-state index in [9.17, 15) is 18.0 Å². The summed E-state index contributed by atoms with van der Waals surface area (Å²) in [5.74, 6) is -0.796. The quantitative estimate of drug-likeness (QED) is 0.166. The molecule has 2 amide bonds. The number of carbonyl (C=O) groups is 2. The smallest absolute Gasteiger partial charge is 0.264 e. The zero-order valence-electron chi connectivity index (χ0n) is 26.3. The van der Waals surface area contributed by atoms with Crippen LogP contribution in [0.3, 0.4) is 0 Å². The molecule has 0 aromatic heterocycles. The van der Waals surface area contributed by atoms with E-state index in [0.29, 0.717) is 21.3 Å². The maximum Gasteiger partial charge on any atom is 0.264 e. The van der Waals surface area contributed by atoms with Gasteiger partial charge in [0.25, 0.3) is 10.0 Å². The molecule has 1 aliphatic carbocycles. The first-order chi connectivity index (χ1) is 22.6. The first kappa shape index (κ1) is 34.5. The van der Waals surface area contributed by atoms with Gasteiger partial charge >= 0.3 is 0 Å². The fourth-order valence-corrected chi connectivity index (χ4v) is 8.00. The zero-order valence-corrected chi connectivity index (χ0v) is 28.6. The average molecular weight is 693 g/mol. The Bertz CT molecular complexity index is 1780. The first-order valence-corrected chi connectivity index (χ1v) is 18.0.